The molecule has 4 nitrogen and oxygen atoms in total. The minimum atomic E-state index is -0.496. The Hall–Kier alpha value is -2.04. The Kier molecular flexibility index (Phi) is 4.32. The summed E-state index contributed by atoms with van der Waals surface area (Å²) < 4.78 is 0. The highest BCUT2D eigenvalue weighted by atomic mass is 35.5. The van der Waals surface area contributed by atoms with Crippen LogP contribution in [0.3, 0.4) is 0 Å². The number of carbonyl (C=O) groups excluding carboxylic acids is 1. The maximum absolute atomic E-state index is 12.2. The number of aromatic hydroxyl groups is 1. The third-order valence-corrected chi connectivity index (χ3v) is 4.07. The number of halogens is 1. The molecule has 1 amide bonds. The lowest BCUT2D eigenvalue weighted by atomic mass is 9.97. The van der Waals surface area contributed by atoms with Crippen LogP contribution >= 0.6 is 11.6 Å². The molecule has 114 valence electrons. The second-order valence-electron chi connectivity index (χ2n) is 5.32. The van der Waals surface area contributed by atoms with E-state index in [0.29, 0.717) is 0 Å². The number of hydroxylamine groups is 1. The molecule has 0 bridgehead atoms. The molecule has 3 rings (SSSR count). The summed E-state index contributed by atoms with van der Waals surface area (Å²) in [5, 5.41) is 10.2. The highest BCUT2D eigenvalue weighted by molar-refractivity contribution is 6.33. The van der Waals surface area contributed by atoms with Gasteiger partial charge < -0.3 is 5.11 Å². The van der Waals surface area contributed by atoms with Crippen molar-refractivity contribution < 1.29 is 14.7 Å². The van der Waals surface area contributed by atoms with Crippen molar-refractivity contribution in [3.8, 4) is 16.9 Å². The molecule has 1 saturated carbocycles. The summed E-state index contributed by atoms with van der Waals surface area (Å²) in [6.45, 7) is 0. The number of hydrogen-bond donors (Lipinski definition) is 2. The molecule has 0 unspecified atom stereocenters. The van der Waals surface area contributed by atoms with Gasteiger partial charge in [0.25, 0.3) is 5.91 Å². The van der Waals surface area contributed by atoms with Crippen LogP contribution in [0.1, 0.15) is 29.6 Å². The lowest BCUT2D eigenvalue weighted by molar-refractivity contribution is -0.0508. The first-order chi connectivity index (χ1) is 10.6. The van der Waals surface area contributed by atoms with E-state index in [9.17, 15) is 9.90 Å². The van der Waals surface area contributed by atoms with Gasteiger partial charge in [-0.1, -0.05) is 41.9 Å². The molecule has 1 aliphatic rings. The normalized spacial score (nSPS) is 14.4. The zero-order valence-electron chi connectivity index (χ0n) is 11.9. The first-order valence-corrected chi connectivity index (χ1v) is 7.57. The first-order valence-electron chi connectivity index (χ1n) is 7.19. The van der Waals surface area contributed by atoms with E-state index in [1.54, 1.807) is 12.1 Å². The van der Waals surface area contributed by atoms with Gasteiger partial charge in [0.1, 0.15) is 5.75 Å². The van der Waals surface area contributed by atoms with Crippen LogP contribution in [0, 0.1) is 0 Å². The molecule has 0 atom stereocenters. The van der Waals surface area contributed by atoms with Crippen LogP contribution in [0.15, 0.2) is 42.5 Å². The van der Waals surface area contributed by atoms with Gasteiger partial charge in [-0.3, -0.25) is 9.63 Å². The van der Waals surface area contributed by atoms with E-state index in [4.69, 9.17) is 16.4 Å². The summed E-state index contributed by atoms with van der Waals surface area (Å²) in [4.78, 5) is 17.5. The highest BCUT2D eigenvalue weighted by Crippen LogP contribution is 2.33. The fourth-order valence-electron chi connectivity index (χ4n) is 2.25. The first kappa shape index (κ1) is 14.9. The summed E-state index contributed by atoms with van der Waals surface area (Å²) in [6, 6.07) is 12.8. The SMILES string of the molecule is O=C(NOC1CCC1)c1cc(-c2ccccc2)cc(Cl)c1O. The molecule has 0 radical (unpaired) electrons. The number of benzene rings is 2. The Morgan fingerprint density at radius 3 is 2.55 bits per heavy atom. The van der Waals surface area contributed by atoms with Crippen LogP contribution in [0.25, 0.3) is 11.1 Å². The van der Waals surface area contributed by atoms with Crippen LogP contribution in [-0.4, -0.2) is 17.1 Å². The minimum Gasteiger partial charge on any atom is -0.506 e. The van der Waals surface area contributed by atoms with Crippen molar-refractivity contribution in [2.45, 2.75) is 25.4 Å². The number of hydrogen-bond acceptors (Lipinski definition) is 3. The maximum Gasteiger partial charge on any atom is 0.278 e. The molecule has 0 saturated heterocycles. The van der Waals surface area contributed by atoms with Crippen molar-refractivity contribution in [1.29, 1.82) is 0 Å². The molecule has 2 aromatic rings. The van der Waals surface area contributed by atoms with Crippen molar-refractivity contribution >= 4 is 17.5 Å². The van der Waals surface area contributed by atoms with Gasteiger partial charge in [0.05, 0.1) is 16.7 Å². The molecule has 0 spiro atoms. The fourth-order valence-corrected chi connectivity index (χ4v) is 2.47. The quantitative estimate of drug-likeness (QED) is 0.840. The van der Waals surface area contributed by atoms with Gasteiger partial charge >= 0.3 is 0 Å². The van der Waals surface area contributed by atoms with Gasteiger partial charge in [-0.25, -0.2) is 5.48 Å². The number of nitrogens with one attached hydrogen (secondary N) is 1. The van der Waals surface area contributed by atoms with Gasteiger partial charge in [0.2, 0.25) is 0 Å². The Bertz CT molecular complexity index is 684. The van der Waals surface area contributed by atoms with Crippen molar-refractivity contribution in [2.24, 2.45) is 0 Å². The molecular weight excluding hydrogens is 302 g/mol. The van der Waals surface area contributed by atoms with Crippen LogP contribution in [0.4, 0.5) is 0 Å². The average Bonchev–Trinajstić information content (AvgIpc) is 2.49. The summed E-state index contributed by atoms with van der Waals surface area (Å²) in [5.74, 6) is -0.736. The van der Waals surface area contributed by atoms with E-state index in [1.807, 2.05) is 30.3 Å². The Morgan fingerprint density at radius 1 is 1.18 bits per heavy atom. The van der Waals surface area contributed by atoms with Gasteiger partial charge in [0, 0.05) is 0 Å². The monoisotopic (exact) mass is 317 g/mol. The predicted octanol–water partition coefficient (Wildman–Crippen LogP) is 3.93. The topological polar surface area (TPSA) is 58.6 Å². The molecule has 22 heavy (non-hydrogen) atoms. The van der Waals surface area contributed by atoms with E-state index in [0.717, 1.165) is 30.4 Å². The number of phenolic OH excluding ortho intramolecular Hbond substituents is 1. The summed E-state index contributed by atoms with van der Waals surface area (Å²) in [7, 11) is 0. The van der Waals surface area contributed by atoms with Crippen molar-refractivity contribution in [3.05, 3.63) is 53.1 Å². The predicted molar refractivity (Wildman–Crippen MR) is 84.7 cm³/mol. The zero-order chi connectivity index (χ0) is 15.5. The van der Waals surface area contributed by atoms with Gasteiger partial charge in [-0.15, -0.1) is 0 Å². The lowest BCUT2D eigenvalue weighted by Crippen LogP contribution is -2.33. The van der Waals surface area contributed by atoms with Crippen molar-refractivity contribution in [2.75, 3.05) is 0 Å². The Balaban J connectivity index is 1.86. The molecule has 2 aromatic carbocycles. The lowest BCUT2D eigenvalue weighted by Gasteiger charge is -2.24. The molecule has 2 N–H and O–H groups in total. The van der Waals surface area contributed by atoms with E-state index >= 15 is 0 Å². The smallest absolute Gasteiger partial charge is 0.278 e. The Morgan fingerprint density at radius 2 is 1.91 bits per heavy atom. The number of phenols is 1. The summed E-state index contributed by atoms with van der Waals surface area (Å²) >= 11 is 6.04. The average molecular weight is 318 g/mol. The molecule has 1 fully saturated rings. The van der Waals surface area contributed by atoms with E-state index in [-0.39, 0.29) is 22.4 Å². The summed E-state index contributed by atoms with van der Waals surface area (Å²) in [6.07, 6.45) is 3.06. The largest absolute Gasteiger partial charge is 0.506 e. The van der Waals surface area contributed by atoms with Crippen LogP contribution in [-0.2, 0) is 4.84 Å². The second-order valence-corrected chi connectivity index (χ2v) is 5.73. The van der Waals surface area contributed by atoms with Crippen LogP contribution in [0.2, 0.25) is 5.02 Å². The summed E-state index contributed by atoms with van der Waals surface area (Å²) in [5.41, 5.74) is 4.17. The van der Waals surface area contributed by atoms with Crippen LogP contribution in [0.5, 0.6) is 5.75 Å². The van der Waals surface area contributed by atoms with Crippen molar-refractivity contribution in [3.63, 3.8) is 0 Å². The van der Waals surface area contributed by atoms with E-state index < -0.39 is 5.91 Å². The highest BCUT2D eigenvalue weighted by Gasteiger charge is 2.21. The molecular formula is C17H16ClNO3. The zero-order valence-corrected chi connectivity index (χ0v) is 12.6. The molecule has 0 heterocycles. The second kappa shape index (κ2) is 6.38. The number of carbonyl (C=O) groups is 1. The molecule has 5 heteroatoms. The van der Waals surface area contributed by atoms with Crippen LogP contribution < -0.4 is 5.48 Å². The standard InChI is InChI=1S/C17H16ClNO3/c18-15-10-12(11-5-2-1-3-6-11)9-14(16(15)20)17(21)19-22-13-7-4-8-13/h1-3,5-6,9-10,13,20H,4,7-8H2,(H,19,21). The van der Waals surface area contributed by atoms with E-state index in [2.05, 4.69) is 5.48 Å². The van der Waals surface area contributed by atoms with Gasteiger partial charge in [-0.2, -0.15) is 0 Å². The number of amides is 1. The Labute approximate surface area is 133 Å². The maximum atomic E-state index is 12.2. The molecule has 1 aliphatic carbocycles. The molecule has 0 aromatic heterocycles. The minimum absolute atomic E-state index is 0.0684. The fraction of sp³-hybridized carbons (Fsp3) is 0.235. The van der Waals surface area contributed by atoms with Gasteiger partial charge in [-0.05, 0) is 42.5 Å². The molecule has 0 aliphatic heterocycles. The third-order valence-electron chi connectivity index (χ3n) is 3.79. The van der Waals surface area contributed by atoms with Gasteiger partial charge in [0.15, 0.2) is 0 Å². The van der Waals surface area contributed by atoms with E-state index in [1.165, 1.54) is 0 Å². The van der Waals surface area contributed by atoms with Crippen molar-refractivity contribution in [1.82, 2.24) is 5.48 Å². The number of rotatable bonds is 4. The third kappa shape index (κ3) is 3.08.